The Morgan fingerprint density at radius 3 is 2.59 bits per heavy atom. The average molecular weight is 617 g/mol. The highest BCUT2D eigenvalue weighted by atomic mass is 127. The van der Waals surface area contributed by atoms with Crippen LogP contribution in [0.2, 0.25) is 5.02 Å². The topological polar surface area (TPSA) is 89.2 Å². The number of nitriles is 1. The smallest absolute Gasteiger partial charge is 0.437 e. The molecule has 34 heavy (non-hydrogen) atoms. The fourth-order valence-corrected chi connectivity index (χ4v) is 3.41. The summed E-state index contributed by atoms with van der Waals surface area (Å²) >= 11 is 7.52. The van der Waals surface area contributed by atoms with E-state index in [2.05, 4.69) is 8.51 Å². The molecule has 0 atom stereocenters. The van der Waals surface area contributed by atoms with E-state index in [1.54, 1.807) is 28.9 Å². The maximum absolute atomic E-state index is 13.5. The highest BCUT2D eigenvalue weighted by Gasteiger charge is 2.39. The van der Waals surface area contributed by atoms with Crippen LogP contribution < -0.4 is 13.8 Å². The Bertz CT molecular complexity index is 1220. The van der Waals surface area contributed by atoms with Gasteiger partial charge in [0.2, 0.25) is 5.75 Å². The Labute approximate surface area is 208 Å². The number of nitrogens with zero attached hydrogens (tertiary/aromatic N) is 3. The van der Waals surface area contributed by atoms with E-state index in [-0.39, 0.29) is 33.4 Å². The van der Waals surface area contributed by atoms with Gasteiger partial charge in [0.05, 0.1) is 54.5 Å². The number of alkyl halides is 5. The Kier molecular flexibility index (Phi) is 9.28. The van der Waals surface area contributed by atoms with E-state index in [0.717, 1.165) is 29.7 Å². The second kappa shape index (κ2) is 11.5. The van der Waals surface area contributed by atoms with Crippen LogP contribution in [0.3, 0.4) is 0 Å². The third-order valence-corrected chi connectivity index (χ3v) is 4.86. The molecule has 0 amide bonds. The number of nitrogens with one attached hydrogen (secondary N) is 1. The Balaban J connectivity index is 2.67. The van der Waals surface area contributed by atoms with Crippen LogP contribution >= 0.6 is 34.5 Å². The molecule has 1 aromatic heterocycles. The van der Waals surface area contributed by atoms with Gasteiger partial charge in [-0.3, -0.25) is 12.9 Å². The van der Waals surface area contributed by atoms with E-state index in [1.807, 2.05) is 0 Å². The second-order valence-electron chi connectivity index (χ2n) is 6.58. The van der Waals surface area contributed by atoms with Gasteiger partial charge in [0, 0.05) is 10.6 Å². The first-order valence-electron chi connectivity index (χ1n) is 9.06. The van der Waals surface area contributed by atoms with Gasteiger partial charge < -0.3 is 9.47 Å². The van der Waals surface area contributed by atoms with Crippen molar-refractivity contribution in [1.29, 1.82) is 5.26 Å². The van der Waals surface area contributed by atoms with Crippen molar-refractivity contribution in [3.05, 3.63) is 74.3 Å². The molecular formula is C20H15ClF5IN4O3. The number of allylic oxidation sites excluding steroid dienone is 3. The summed E-state index contributed by atoms with van der Waals surface area (Å²) < 4.78 is 80.3. The maximum atomic E-state index is 13.5. The van der Waals surface area contributed by atoms with Crippen molar-refractivity contribution >= 4 is 34.5 Å². The minimum Gasteiger partial charge on any atom is -0.482 e. The highest BCUT2D eigenvalue weighted by molar-refractivity contribution is 14.1. The molecule has 0 spiro atoms. The van der Waals surface area contributed by atoms with Crippen LogP contribution in [0, 0.1) is 11.3 Å². The summed E-state index contributed by atoms with van der Waals surface area (Å²) in [5.74, 6) is -1.50. The first kappa shape index (κ1) is 27.4. The fraction of sp³-hybridized carbons (Fsp3) is 0.250. The van der Waals surface area contributed by atoms with Crippen LogP contribution in [0.4, 0.5) is 22.0 Å². The zero-order chi connectivity index (χ0) is 25.6. The third kappa shape index (κ3) is 6.83. The van der Waals surface area contributed by atoms with E-state index in [1.165, 1.54) is 13.2 Å². The summed E-state index contributed by atoms with van der Waals surface area (Å²) in [5.41, 5.74) is -3.24. The lowest BCUT2D eigenvalue weighted by Crippen LogP contribution is -2.27. The summed E-state index contributed by atoms with van der Waals surface area (Å²) in [7, 11) is 1.24. The number of hydrogen-bond donors (Lipinski definition) is 1. The first-order chi connectivity index (χ1) is 15.9. The monoisotopic (exact) mass is 616 g/mol. The van der Waals surface area contributed by atoms with E-state index in [4.69, 9.17) is 26.3 Å². The van der Waals surface area contributed by atoms with Gasteiger partial charge in [-0.05, 0) is 36.8 Å². The predicted octanol–water partition coefficient (Wildman–Crippen LogP) is 5.59. The fourth-order valence-electron chi connectivity index (χ4n) is 2.62. The summed E-state index contributed by atoms with van der Waals surface area (Å²) in [4.78, 5) is 16.3. The molecule has 14 heteroatoms. The van der Waals surface area contributed by atoms with E-state index in [9.17, 15) is 26.7 Å². The molecule has 0 aliphatic heterocycles. The van der Waals surface area contributed by atoms with Gasteiger partial charge in [-0.1, -0.05) is 11.6 Å². The first-order valence-corrected chi connectivity index (χ1v) is 10.5. The molecule has 1 aromatic carbocycles. The quantitative estimate of drug-likeness (QED) is 0.137. The van der Waals surface area contributed by atoms with E-state index >= 15 is 0 Å². The van der Waals surface area contributed by atoms with Crippen LogP contribution in [-0.2, 0) is 17.5 Å². The van der Waals surface area contributed by atoms with Gasteiger partial charge >= 0.3 is 6.18 Å². The van der Waals surface area contributed by atoms with Crippen molar-refractivity contribution in [2.75, 3.05) is 7.11 Å². The van der Waals surface area contributed by atoms with Crippen molar-refractivity contribution in [3.8, 4) is 17.6 Å². The normalized spacial score (nSPS) is 12.8. The van der Waals surface area contributed by atoms with Crippen molar-refractivity contribution in [3.63, 3.8) is 0 Å². The molecular weight excluding hydrogens is 602 g/mol. The van der Waals surface area contributed by atoms with Crippen molar-refractivity contribution in [1.82, 2.24) is 13.1 Å². The largest absolute Gasteiger partial charge is 0.482 e. The third-order valence-electron chi connectivity index (χ3n) is 4.15. The summed E-state index contributed by atoms with van der Waals surface area (Å²) in [6, 6.07) is 5.21. The molecule has 2 aromatic rings. The highest BCUT2D eigenvalue weighted by Crippen LogP contribution is 2.35. The number of rotatable bonds is 8. The summed E-state index contributed by atoms with van der Waals surface area (Å²) in [5, 5.41) is 9.03. The van der Waals surface area contributed by atoms with Gasteiger partial charge in [-0.15, -0.1) is 0 Å². The second-order valence-corrected chi connectivity index (χ2v) is 7.56. The van der Waals surface area contributed by atoms with E-state index < -0.39 is 36.1 Å². The number of methoxy groups -OCH3 is 1. The zero-order valence-electron chi connectivity index (χ0n) is 17.4. The van der Waals surface area contributed by atoms with Crippen LogP contribution in [0.1, 0.15) is 18.2 Å². The van der Waals surface area contributed by atoms with Crippen molar-refractivity contribution in [2.45, 2.75) is 26.1 Å². The standard InChI is InChI=1S/C20H15ClF5IN4O3/c1-10(17(22)23)3-12(18(30-27)33-2)8-31-9-29-16(20(24,25)26)15(19(31)32)34-14-5-11(7-28)4-13(21)6-14/h3-6,9,17,30H,8H2,1-2H3/b10-3+,18-12-. The van der Waals surface area contributed by atoms with Gasteiger partial charge in [0.25, 0.3) is 12.0 Å². The average Bonchev–Trinajstić information content (AvgIpc) is 2.75. The molecule has 7 nitrogen and oxygen atoms in total. The number of aromatic nitrogens is 2. The number of benzene rings is 1. The molecule has 0 radical (unpaired) electrons. The molecule has 0 bridgehead atoms. The van der Waals surface area contributed by atoms with Crippen molar-refractivity contribution in [2.24, 2.45) is 0 Å². The Morgan fingerprint density at radius 1 is 1.38 bits per heavy atom. The number of ether oxygens (including phenoxy) is 2. The predicted molar refractivity (Wildman–Crippen MR) is 121 cm³/mol. The van der Waals surface area contributed by atoms with Gasteiger partial charge in [0.15, 0.2) is 11.6 Å². The molecule has 0 fully saturated rings. The Morgan fingerprint density at radius 2 is 2.06 bits per heavy atom. The molecule has 1 N–H and O–H groups in total. The van der Waals surface area contributed by atoms with E-state index in [0.29, 0.717) is 6.33 Å². The van der Waals surface area contributed by atoms with Gasteiger partial charge in [0.1, 0.15) is 5.75 Å². The lowest BCUT2D eigenvalue weighted by Gasteiger charge is -2.16. The summed E-state index contributed by atoms with van der Waals surface area (Å²) in [6.07, 6.45) is -6.23. The van der Waals surface area contributed by atoms with Crippen LogP contribution in [0.5, 0.6) is 11.5 Å². The van der Waals surface area contributed by atoms with Crippen LogP contribution in [-0.4, -0.2) is 23.1 Å². The minimum atomic E-state index is -5.06. The molecule has 0 aliphatic carbocycles. The van der Waals surface area contributed by atoms with Crippen molar-refractivity contribution < 1.29 is 31.4 Å². The summed E-state index contributed by atoms with van der Waals surface area (Å²) in [6.45, 7) is 0.655. The number of hydrogen-bond acceptors (Lipinski definition) is 6. The van der Waals surface area contributed by atoms with Gasteiger partial charge in [-0.25, -0.2) is 13.8 Å². The zero-order valence-corrected chi connectivity index (χ0v) is 20.3. The SMILES string of the molecule is CO/C(NI)=C(/C=C(\C)C(F)F)Cn1cnc(C(F)(F)F)c(Oc2cc(Cl)cc(C#N)c2)c1=O. The number of halogens is 7. The Hall–Kier alpha value is -2.86. The lowest BCUT2D eigenvalue weighted by atomic mass is 10.1. The maximum Gasteiger partial charge on any atom is 0.437 e. The molecule has 0 aliphatic rings. The molecule has 0 unspecified atom stereocenters. The van der Waals surface area contributed by atoms with Gasteiger partial charge in [-0.2, -0.15) is 18.4 Å². The van der Waals surface area contributed by atoms with Crippen LogP contribution in [0.25, 0.3) is 0 Å². The lowest BCUT2D eigenvalue weighted by molar-refractivity contribution is -0.142. The molecule has 2 rings (SSSR count). The van der Waals surface area contributed by atoms with Crippen LogP contribution in [0.15, 0.2) is 52.4 Å². The minimum absolute atomic E-state index is 0.0108. The molecule has 1 heterocycles. The molecule has 0 saturated heterocycles. The molecule has 182 valence electrons. The molecule has 0 saturated carbocycles.